The number of fused-ring (bicyclic) bond motifs is 1. The van der Waals surface area contributed by atoms with E-state index in [0.29, 0.717) is 11.8 Å². The Morgan fingerprint density at radius 1 is 1.39 bits per heavy atom. The van der Waals surface area contributed by atoms with Gasteiger partial charge in [-0.1, -0.05) is 49.8 Å². The lowest BCUT2D eigenvalue weighted by atomic mass is 9.46. The van der Waals surface area contributed by atoms with Gasteiger partial charge in [0.05, 0.1) is 12.5 Å². The quantitative estimate of drug-likeness (QED) is 0.391. The molecule has 0 N–H and O–H groups in total. The Labute approximate surface area is 141 Å². The minimum atomic E-state index is -0.349. The average molecular weight is 316 g/mol. The van der Waals surface area contributed by atoms with Crippen molar-refractivity contribution in [3.8, 4) is 0 Å². The fourth-order valence-corrected chi connectivity index (χ4v) is 5.25. The fraction of sp³-hybridized carbons (Fsp3) is 0.667. The van der Waals surface area contributed by atoms with Crippen molar-refractivity contribution in [2.24, 2.45) is 22.7 Å². The zero-order valence-electron chi connectivity index (χ0n) is 15.3. The van der Waals surface area contributed by atoms with Gasteiger partial charge in [0, 0.05) is 0 Å². The van der Waals surface area contributed by atoms with Crippen molar-refractivity contribution in [2.75, 3.05) is 7.11 Å². The summed E-state index contributed by atoms with van der Waals surface area (Å²) in [7, 11) is 1.52. The summed E-state index contributed by atoms with van der Waals surface area (Å²) < 4.78 is 5.18. The van der Waals surface area contributed by atoms with Gasteiger partial charge in [0.1, 0.15) is 0 Å². The SMILES string of the molecule is C=C/C(C)=C/C[C@@H]1C(=C)CC[C@H]2[C@@]1(C)CCC[C@]2(C)C(=O)OC. The molecule has 0 amide bonds. The lowest BCUT2D eigenvalue weighted by Gasteiger charge is -2.57. The van der Waals surface area contributed by atoms with Crippen molar-refractivity contribution in [1.82, 2.24) is 0 Å². The van der Waals surface area contributed by atoms with E-state index in [-0.39, 0.29) is 16.8 Å². The van der Waals surface area contributed by atoms with Crippen LogP contribution in [0, 0.1) is 22.7 Å². The van der Waals surface area contributed by atoms with E-state index in [1.807, 2.05) is 6.08 Å². The Hall–Kier alpha value is -1.31. The van der Waals surface area contributed by atoms with E-state index in [1.165, 1.54) is 24.7 Å². The Kier molecular flexibility index (Phi) is 5.23. The maximum atomic E-state index is 12.5. The Morgan fingerprint density at radius 2 is 2.09 bits per heavy atom. The Morgan fingerprint density at radius 3 is 2.70 bits per heavy atom. The smallest absolute Gasteiger partial charge is 0.311 e. The molecule has 2 saturated carbocycles. The van der Waals surface area contributed by atoms with Gasteiger partial charge in [-0.05, 0) is 63.2 Å². The van der Waals surface area contributed by atoms with E-state index >= 15 is 0 Å². The number of esters is 1. The molecule has 0 aliphatic heterocycles. The molecule has 2 rings (SSSR count). The predicted molar refractivity (Wildman–Crippen MR) is 96.0 cm³/mol. The first-order chi connectivity index (χ1) is 10.8. The summed E-state index contributed by atoms with van der Waals surface area (Å²) in [5.41, 5.74) is 2.35. The van der Waals surface area contributed by atoms with Gasteiger partial charge in [-0.15, -0.1) is 0 Å². The fourth-order valence-electron chi connectivity index (χ4n) is 5.25. The van der Waals surface area contributed by atoms with Crippen molar-refractivity contribution >= 4 is 5.97 Å². The molecule has 0 bridgehead atoms. The standard InChI is InChI=1S/C21H32O2/c1-7-15(2)9-11-17-16(3)10-12-18-20(17,4)13-8-14-21(18,5)19(22)23-6/h7,9,17-18H,1,3,8,10-14H2,2,4-6H3/b15-9+/t17-,18+,20+,21+/m1/s1. The first-order valence-electron chi connectivity index (χ1n) is 8.85. The molecule has 0 heterocycles. The van der Waals surface area contributed by atoms with Crippen LogP contribution in [0.1, 0.15) is 59.3 Å². The third-order valence-corrected chi connectivity index (χ3v) is 6.67. The summed E-state index contributed by atoms with van der Waals surface area (Å²) in [6.45, 7) is 14.8. The van der Waals surface area contributed by atoms with Gasteiger partial charge in [-0.2, -0.15) is 0 Å². The molecule has 0 unspecified atom stereocenters. The summed E-state index contributed by atoms with van der Waals surface area (Å²) in [6, 6.07) is 0. The third-order valence-electron chi connectivity index (χ3n) is 6.67. The van der Waals surface area contributed by atoms with Gasteiger partial charge in [0.15, 0.2) is 0 Å². The van der Waals surface area contributed by atoms with E-state index in [1.54, 1.807) is 0 Å². The van der Waals surface area contributed by atoms with Crippen molar-refractivity contribution in [2.45, 2.75) is 59.3 Å². The van der Waals surface area contributed by atoms with Crippen LogP contribution in [-0.2, 0) is 9.53 Å². The molecule has 2 aliphatic rings. The minimum Gasteiger partial charge on any atom is -0.469 e. The van der Waals surface area contributed by atoms with Crippen LogP contribution >= 0.6 is 0 Å². The molecular formula is C21H32O2. The molecule has 2 fully saturated rings. The Bertz CT molecular complexity index is 530. The van der Waals surface area contributed by atoms with Gasteiger partial charge in [-0.25, -0.2) is 0 Å². The molecular weight excluding hydrogens is 284 g/mol. The van der Waals surface area contributed by atoms with Crippen LogP contribution in [0.4, 0.5) is 0 Å². The van der Waals surface area contributed by atoms with E-state index in [4.69, 9.17) is 4.74 Å². The topological polar surface area (TPSA) is 26.3 Å². The largest absolute Gasteiger partial charge is 0.469 e. The number of carbonyl (C=O) groups excluding carboxylic acids is 1. The second kappa shape index (κ2) is 6.67. The molecule has 0 aromatic rings. The van der Waals surface area contributed by atoms with Crippen molar-refractivity contribution < 1.29 is 9.53 Å². The number of hydrogen-bond donors (Lipinski definition) is 0. The monoisotopic (exact) mass is 316 g/mol. The number of allylic oxidation sites excluding steroid dienone is 4. The van der Waals surface area contributed by atoms with E-state index in [9.17, 15) is 4.79 Å². The van der Waals surface area contributed by atoms with Crippen LogP contribution in [0.25, 0.3) is 0 Å². The lowest BCUT2D eigenvalue weighted by molar-refractivity contribution is -0.167. The molecule has 23 heavy (non-hydrogen) atoms. The second-order valence-corrected chi connectivity index (χ2v) is 7.96. The van der Waals surface area contributed by atoms with E-state index in [2.05, 4.69) is 40.0 Å². The van der Waals surface area contributed by atoms with Crippen molar-refractivity contribution in [3.05, 3.63) is 36.5 Å². The Balaban J connectivity index is 2.36. The summed E-state index contributed by atoms with van der Waals surface area (Å²) in [4.78, 5) is 12.5. The van der Waals surface area contributed by atoms with Crippen LogP contribution in [0.3, 0.4) is 0 Å². The molecule has 2 aliphatic carbocycles. The first-order valence-corrected chi connectivity index (χ1v) is 8.85. The molecule has 0 spiro atoms. The maximum absolute atomic E-state index is 12.5. The zero-order chi connectivity index (χ0) is 17.3. The van der Waals surface area contributed by atoms with Crippen LogP contribution < -0.4 is 0 Å². The summed E-state index contributed by atoms with van der Waals surface area (Å²) in [5.74, 6) is 0.794. The maximum Gasteiger partial charge on any atom is 0.311 e. The molecule has 128 valence electrons. The highest BCUT2D eigenvalue weighted by Gasteiger charge is 2.57. The summed E-state index contributed by atoms with van der Waals surface area (Å²) in [5, 5.41) is 0. The average Bonchev–Trinajstić information content (AvgIpc) is 2.52. The van der Waals surface area contributed by atoms with Gasteiger partial charge < -0.3 is 4.74 Å². The number of ether oxygens (including phenoxy) is 1. The number of rotatable bonds is 4. The lowest BCUT2D eigenvalue weighted by Crippen LogP contribution is -2.53. The first kappa shape index (κ1) is 18.0. The van der Waals surface area contributed by atoms with Gasteiger partial charge >= 0.3 is 5.97 Å². The third kappa shape index (κ3) is 3.05. The highest BCUT2D eigenvalue weighted by Crippen LogP contribution is 2.62. The second-order valence-electron chi connectivity index (χ2n) is 7.96. The predicted octanol–water partition coefficient (Wildman–Crippen LogP) is 5.46. The number of carbonyl (C=O) groups is 1. The number of hydrogen-bond acceptors (Lipinski definition) is 2. The van der Waals surface area contributed by atoms with Crippen LogP contribution in [-0.4, -0.2) is 13.1 Å². The van der Waals surface area contributed by atoms with Crippen molar-refractivity contribution in [3.63, 3.8) is 0 Å². The highest BCUT2D eigenvalue weighted by molar-refractivity contribution is 5.77. The van der Waals surface area contributed by atoms with Gasteiger partial charge in [-0.3, -0.25) is 4.79 Å². The van der Waals surface area contributed by atoms with Crippen LogP contribution in [0.2, 0.25) is 0 Å². The van der Waals surface area contributed by atoms with Gasteiger partial charge in [0.2, 0.25) is 0 Å². The molecule has 0 saturated heterocycles. The molecule has 0 aromatic heterocycles. The van der Waals surface area contributed by atoms with E-state index < -0.39 is 0 Å². The van der Waals surface area contributed by atoms with Crippen molar-refractivity contribution in [1.29, 1.82) is 0 Å². The van der Waals surface area contributed by atoms with Gasteiger partial charge in [0.25, 0.3) is 0 Å². The molecule has 2 nitrogen and oxygen atoms in total. The number of methoxy groups -OCH3 is 1. The molecule has 4 atom stereocenters. The normalized spacial score (nSPS) is 37.9. The van der Waals surface area contributed by atoms with Crippen LogP contribution in [0.5, 0.6) is 0 Å². The molecule has 2 heteroatoms. The molecule has 0 aromatic carbocycles. The summed E-state index contributed by atoms with van der Waals surface area (Å²) >= 11 is 0. The summed E-state index contributed by atoms with van der Waals surface area (Å²) in [6.07, 6.45) is 10.5. The van der Waals surface area contributed by atoms with Crippen LogP contribution in [0.15, 0.2) is 36.5 Å². The highest BCUT2D eigenvalue weighted by atomic mass is 16.5. The van der Waals surface area contributed by atoms with E-state index in [0.717, 1.165) is 32.1 Å². The molecule has 0 radical (unpaired) electrons. The zero-order valence-corrected chi connectivity index (χ0v) is 15.3. The minimum absolute atomic E-state index is 0.0301.